The Morgan fingerprint density at radius 1 is 1.18 bits per heavy atom. The van der Waals surface area contributed by atoms with Gasteiger partial charge in [-0.15, -0.1) is 0 Å². The van der Waals surface area contributed by atoms with E-state index in [1.54, 1.807) is 37.3 Å². The van der Waals surface area contributed by atoms with Gasteiger partial charge in [0.1, 0.15) is 10.6 Å². The van der Waals surface area contributed by atoms with Gasteiger partial charge in [0.2, 0.25) is 22.7 Å². The summed E-state index contributed by atoms with van der Waals surface area (Å²) < 4.78 is 43.4. The number of nitrogens with one attached hydrogen (secondary N) is 2. The Morgan fingerprint density at radius 2 is 1.93 bits per heavy atom. The lowest BCUT2D eigenvalue weighted by atomic mass is 10.2. The van der Waals surface area contributed by atoms with Crippen molar-refractivity contribution < 1.29 is 27.4 Å². The zero-order chi connectivity index (χ0) is 20.3. The van der Waals surface area contributed by atoms with Crippen LogP contribution in [0.4, 0.5) is 0 Å². The highest BCUT2D eigenvalue weighted by molar-refractivity contribution is 7.89. The largest absolute Gasteiger partial charge is 0.495 e. The van der Waals surface area contributed by atoms with E-state index in [1.165, 1.54) is 20.1 Å². The van der Waals surface area contributed by atoms with Gasteiger partial charge < -0.3 is 19.5 Å². The number of hydrogen-bond acceptors (Lipinski definition) is 6. The van der Waals surface area contributed by atoms with Gasteiger partial charge in [0, 0.05) is 6.54 Å². The molecule has 1 aliphatic rings. The molecule has 0 saturated heterocycles. The zero-order valence-corrected chi connectivity index (χ0v) is 16.6. The molecule has 3 rings (SSSR count). The molecule has 0 radical (unpaired) electrons. The first-order valence-electron chi connectivity index (χ1n) is 8.63. The normalized spacial score (nSPS) is 13.8. The number of benzene rings is 2. The van der Waals surface area contributed by atoms with Crippen molar-refractivity contribution in [1.29, 1.82) is 0 Å². The summed E-state index contributed by atoms with van der Waals surface area (Å²) in [4.78, 5) is 12.3. The number of aryl methyl sites for hydroxylation is 1. The highest BCUT2D eigenvalue weighted by Crippen LogP contribution is 2.32. The summed E-state index contributed by atoms with van der Waals surface area (Å²) in [6.07, 6.45) is 0. The number of methoxy groups -OCH3 is 1. The summed E-state index contributed by atoms with van der Waals surface area (Å²) in [6, 6.07) is 9.20. The molecule has 2 aromatic rings. The first-order valence-corrected chi connectivity index (χ1v) is 10.1. The SMILES string of the molecule is COc1ccc(C)cc1S(=O)(=O)N[C@@H](C)C(=O)NCc1ccc2c(c1)OCO2. The minimum Gasteiger partial charge on any atom is -0.495 e. The van der Waals surface area contributed by atoms with E-state index in [0.717, 1.165) is 11.1 Å². The van der Waals surface area contributed by atoms with Crippen LogP contribution in [0.3, 0.4) is 0 Å². The van der Waals surface area contributed by atoms with Crippen LogP contribution in [0.15, 0.2) is 41.3 Å². The standard InChI is InChI=1S/C19H22N2O6S/c1-12-4-6-16(25-3)18(8-12)28(23,24)21-13(2)19(22)20-10-14-5-7-15-17(9-14)27-11-26-15/h4-9,13,21H,10-11H2,1-3H3,(H,20,22)/t13-/m0/s1. The molecule has 1 aliphatic heterocycles. The highest BCUT2D eigenvalue weighted by atomic mass is 32.2. The number of fused-ring (bicyclic) bond motifs is 1. The van der Waals surface area contributed by atoms with E-state index in [9.17, 15) is 13.2 Å². The summed E-state index contributed by atoms with van der Waals surface area (Å²) in [5, 5.41) is 2.71. The molecule has 0 saturated carbocycles. The summed E-state index contributed by atoms with van der Waals surface area (Å²) in [7, 11) is -2.54. The number of carbonyl (C=O) groups is 1. The van der Waals surface area contributed by atoms with E-state index in [0.29, 0.717) is 11.5 Å². The number of rotatable bonds is 7. The van der Waals surface area contributed by atoms with Crippen molar-refractivity contribution in [3.63, 3.8) is 0 Å². The lowest BCUT2D eigenvalue weighted by molar-refractivity contribution is -0.122. The second kappa shape index (κ2) is 8.07. The van der Waals surface area contributed by atoms with Crippen LogP contribution in [-0.2, 0) is 21.4 Å². The molecule has 0 aromatic heterocycles. The van der Waals surface area contributed by atoms with Gasteiger partial charge in [-0.1, -0.05) is 12.1 Å². The zero-order valence-electron chi connectivity index (χ0n) is 15.8. The van der Waals surface area contributed by atoms with Gasteiger partial charge in [-0.3, -0.25) is 4.79 Å². The van der Waals surface area contributed by atoms with Gasteiger partial charge in [0.25, 0.3) is 0 Å². The van der Waals surface area contributed by atoms with Crippen LogP contribution in [-0.4, -0.2) is 34.3 Å². The van der Waals surface area contributed by atoms with E-state index in [4.69, 9.17) is 14.2 Å². The molecule has 0 unspecified atom stereocenters. The van der Waals surface area contributed by atoms with Crippen LogP contribution in [0.25, 0.3) is 0 Å². The van der Waals surface area contributed by atoms with Crippen molar-refractivity contribution in [2.45, 2.75) is 31.3 Å². The minimum atomic E-state index is -3.93. The molecule has 9 heteroatoms. The van der Waals surface area contributed by atoms with E-state index >= 15 is 0 Å². The Morgan fingerprint density at radius 3 is 2.68 bits per heavy atom. The fraction of sp³-hybridized carbons (Fsp3) is 0.316. The maximum Gasteiger partial charge on any atom is 0.244 e. The van der Waals surface area contributed by atoms with Crippen molar-refractivity contribution in [3.05, 3.63) is 47.5 Å². The Balaban J connectivity index is 1.64. The summed E-state index contributed by atoms with van der Waals surface area (Å²) >= 11 is 0. The van der Waals surface area contributed by atoms with Crippen molar-refractivity contribution in [3.8, 4) is 17.2 Å². The maximum atomic E-state index is 12.7. The quantitative estimate of drug-likeness (QED) is 0.726. The molecule has 1 amide bonds. The number of ether oxygens (including phenoxy) is 3. The monoisotopic (exact) mass is 406 g/mol. The molecular formula is C19H22N2O6S. The first kappa shape index (κ1) is 20.0. The molecule has 150 valence electrons. The van der Waals surface area contributed by atoms with Gasteiger partial charge in [0.15, 0.2) is 11.5 Å². The molecule has 2 aromatic carbocycles. The van der Waals surface area contributed by atoms with Crippen LogP contribution in [0.2, 0.25) is 0 Å². The smallest absolute Gasteiger partial charge is 0.244 e. The summed E-state index contributed by atoms with van der Waals surface area (Å²) in [5.74, 6) is 1.04. The Labute approximate surface area is 163 Å². The molecular weight excluding hydrogens is 384 g/mol. The predicted molar refractivity (Wildman–Crippen MR) is 102 cm³/mol. The van der Waals surface area contributed by atoms with Crippen molar-refractivity contribution in [2.75, 3.05) is 13.9 Å². The van der Waals surface area contributed by atoms with Gasteiger partial charge in [0.05, 0.1) is 13.2 Å². The number of sulfonamides is 1. The van der Waals surface area contributed by atoms with Crippen molar-refractivity contribution in [2.24, 2.45) is 0 Å². The Bertz CT molecular complexity index is 990. The molecule has 28 heavy (non-hydrogen) atoms. The van der Waals surface area contributed by atoms with Crippen LogP contribution in [0.1, 0.15) is 18.1 Å². The predicted octanol–water partition coefficient (Wildman–Crippen LogP) is 1.72. The second-order valence-electron chi connectivity index (χ2n) is 6.40. The summed E-state index contributed by atoms with van der Waals surface area (Å²) in [5.41, 5.74) is 1.58. The molecule has 1 heterocycles. The number of hydrogen-bond donors (Lipinski definition) is 2. The molecule has 2 N–H and O–H groups in total. The van der Waals surface area contributed by atoms with Gasteiger partial charge >= 0.3 is 0 Å². The highest BCUT2D eigenvalue weighted by Gasteiger charge is 2.25. The topological polar surface area (TPSA) is 103 Å². The van der Waals surface area contributed by atoms with Crippen molar-refractivity contribution in [1.82, 2.24) is 10.0 Å². The molecule has 0 aliphatic carbocycles. The van der Waals surface area contributed by atoms with Crippen LogP contribution in [0, 0.1) is 6.92 Å². The first-order chi connectivity index (χ1) is 13.3. The fourth-order valence-electron chi connectivity index (χ4n) is 2.74. The lowest BCUT2D eigenvalue weighted by Crippen LogP contribution is -2.44. The minimum absolute atomic E-state index is 0.00887. The molecule has 0 spiro atoms. The van der Waals surface area contributed by atoms with E-state index in [-0.39, 0.29) is 24.0 Å². The molecule has 0 fully saturated rings. The fourth-order valence-corrected chi connectivity index (χ4v) is 4.19. The Hall–Kier alpha value is -2.78. The van der Waals surface area contributed by atoms with Gasteiger partial charge in [-0.05, 0) is 49.2 Å². The second-order valence-corrected chi connectivity index (χ2v) is 8.09. The number of carbonyl (C=O) groups excluding carboxylic acids is 1. The van der Waals surface area contributed by atoms with Crippen molar-refractivity contribution >= 4 is 15.9 Å². The molecule has 8 nitrogen and oxygen atoms in total. The van der Waals surface area contributed by atoms with E-state index < -0.39 is 22.0 Å². The van der Waals surface area contributed by atoms with Crippen LogP contribution < -0.4 is 24.2 Å². The van der Waals surface area contributed by atoms with Gasteiger partial charge in [-0.25, -0.2) is 8.42 Å². The third-order valence-corrected chi connectivity index (χ3v) is 5.80. The average molecular weight is 406 g/mol. The van der Waals surface area contributed by atoms with Crippen LogP contribution in [0.5, 0.6) is 17.2 Å². The number of amides is 1. The third-order valence-electron chi connectivity index (χ3n) is 4.24. The average Bonchev–Trinajstić information content (AvgIpc) is 3.13. The molecule has 1 atom stereocenters. The van der Waals surface area contributed by atoms with E-state index in [1.807, 2.05) is 0 Å². The Kier molecular flexibility index (Phi) is 5.76. The maximum absolute atomic E-state index is 12.7. The van der Waals surface area contributed by atoms with Gasteiger partial charge in [-0.2, -0.15) is 4.72 Å². The summed E-state index contributed by atoms with van der Waals surface area (Å²) in [6.45, 7) is 3.66. The molecule has 0 bridgehead atoms. The van der Waals surface area contributed by atoms with Crippen LogP contribution >= 0.6 is 0 Å². The van der Waals surface area contributed by atoms with E-state index in [2.05, 4.69) is 10.0 Å². The third kappa shape index (κ3) is 4.37. The lowest BCUT2D eigenvalue weighted by Gasteiger charge is -2.16.